The lowest BCUT2D eigenvalue weighted by atomic mass is 10.1. The van der Waals surface area contributed by atoms with Gasteiger partial charge in [0.2, 0.25) is 0 Å². The number of piperazine rings is 1. The van der Waals surface area contributed by atoms with E-state index in [1.807, 2.05) is 24.0 Å². The summed E-state index contributed by atoms with van der Waals surface area (Å²) in [6, 6.07) is 12.5. The van der Waals surface area contributed by atoms with Crippen molar-refractivity contribution in [1.29, 1.82) is 0 Å². The minimum absolute atomic E-state index is 0.0299. The van der Waals surface area contributed by atoms with Crippen molar-refractivity contribution >= 4 is 17.5 Å². The molecule has 0 atom stereocenters. The molecular formula is C22H28N4O3. The molecule has 0 bridgehead atoms. The van der Waals surface area contributed by atoms with Crippen LogP contribution in [0.5, 0.6) is 5.75 Å². The van der Waals surface area contributed by atoms with Crippen LogP contribution in [0.15, 0.2) is 42.5 Å². The number of nitrogen functional groups attached to an aromatic ring is 1. The molecular weight excluding hydrogens is 368 g/mol. The molecule has 0 radical (unpaired) electrons. The van der Waals surface area contributed by atoms with Gasteiger partial charge in [0.15, 0.2) is 0 Å². The molecule has 3 rings (SSSR count). The molecule has 1 heterocycles. The number of benzene rings is 2. The molecule has 0 aromatic heterocycles. The first kappa shape index (κ1) is 20.7. The number of methoxy groups -OCH3 is 1. The number of carbonyl (C=O) groups is 2. The average Bonchev–Trinajstić information content (AvgIpc) is 2.75. The van der Waals surface area contributed by atoms with Gasteiger partial charge < -0.3 is 20.7 Å². The third-order valence-electron chi connectivity index (χ3n) is 5.22. The van der Waals surface area contributed by atoms with Gasteiger partial charge in [0.25, 0.3) is 11.8 Å². The lowest BCUT2D eigenvalue weighted by Gasteiger charge is -2.35. The lowest BCUT2D eigenvalue weighted by Crippen LogP contribution is -2.50. The Morgan fingerprint density at radius 3 is 2.41 bits per heavy atom. The fraction of sp³-hybridized carbons (Fsp3) is 0.364. The van der Waals surface area contributed by atoms with Crippen LogP contribution in [0.4, 0.5) is 5.69 Å². The van der Waals surface area contributed by atoms with E-state index in [4.69, 9.17) is 10.5 Å². The van der Waals surface area contributed by atoms with Gasteiger partial charge in [-0.1, -0.05) is 6.07 Å². The van der Waals surface area contributed by atoms with E-state index in [1.54, 1.807) is 37.4 Å². The van der Waals surface area contributed by atoms with Crippen molar-refractivity contribution in [1.82, 2.24) is 15.1 Å². The van der Waals surface area contributed by atoms with Gasteiger partial charge in [-0.3, -0.25) is 14.5 Å². The van der Waals surface area contributed by atoms with Gasteiger partial charge in [0, 0.05) is 56.1 Å². The topological polar surface area (TPSA) is 87.9 Å². The van der Waals surface area contributed by atoms with Gasteiger partial charge in [-0.25, -0.2) is 0 Å². The quantitative estimate of drug-likeness (QED) is 0.727. The Labute approximate surface area is 171 Å². The Morgan fingerprint density at radius 2 is 1.76 bits per heavy atom. The van der Waals surface area contributed by atoms with Crippen LogP contribution in [0.2, 0.25) is 0 Å². The summed E-state index contributed by atoms with van der Waals surface area (Å²) >= 11 is 0. The number of carbonyl (C=O) groups excluding carboxylic acids is 2. The summed E-state index contributed by atoms with van der Waals surface area (Å²) in [5.74, 6) is 0.656. The van der Waals surface area contributed by atoms with Crippen LogP contribution in [-0.4, -0.2) is 68.0 Å². The fourth-order valence-corrected chi connectivity index (χ4v) is 3.39. The minimum atomic E-state index is -0.0985. The summed E-state index contributed by atoms with van der Waals surface area (Å²) in [7, 11) is 1.60. The number of amides is 2. The molecule has 0 unspecified atom stereocenters. The number of hydrogen-bond acceptors (Lipinski definition) is 5. The molecule has 7 heteroatoms. The highest BCUT2D eigenvalue weighted by molar-refractivity contribution is 5.96. The molecule has 1 aliphatic heterocycles. The number of rotatable bonds is 6. The molecule has 3 N–H and O–H groups in total. The van der Waals surface area contributed by atoms with E-state index in [9.17, 15) is 9.59 Å². The molecule has 2 amide bonds. The van der Waals surface area contributed by atoms with Crippen LogP contribution in [0.1, 0.15) is 26.3 Å². The Hall–Kier alpha value is -3.06. The highest BCUT2D eigenvalue weighted by Gasteiger charge is 2.23. The highest BCUT2D eigenvalue weighted by atomic mass is 16.5. The van der Waals surface area contributed by atoms with Gasteiger partial charge in [-0.15, -0.1) is 0 Å². The Morgan fingerprint density at radius 1 is 1.07 bits per heavy atom. The third kappa shape index (κ3) is 5.26. The Balaban J connectivity index is 1.43. The number of anilines is 1. The SMILES string of the molecule is COc1ccc(C(=O)NCCN2CCN(C(=O)c3cc(N)ccc3C)CC2)cc1. The molecule has 1 aliphatic rings. The van der Waals surface area contributed by atoms with Crippen molar-refractivity contribution in [2.45, 2.75) is 6.92 Å². The van der Waals surface area contributed by atoms with Crippen LogP contribution < -0.4 is 15.8 Å². The number of aryl methyl sites for hydroxylation is 1. The van der Waals surface area contributed by atoms with Crippen LogP contribution in [0, 0.1) is 6.92 Å². The smallest absolute Gasteiger partial charge is 0.254 e. The zero-order valence-electron chi connectivity index (χ0n) is 17.0. The van der Waals surface area contributed by atoms with E-state index in [1.165, 1.54) is 0 Å². The van der Waals surface area contributed by atoms with Crippen LogP contribution >= 0.6 is 0 Å². The second-order valence-electron chi connectivity index (χ2n) is 7.19. The van der Waals surface area contributed by atoms with E-state index in [2.05, 4.69) is 10.2 Å². The number of nitrogens with zero attached hydrogens (tertiary/aromatic N) is 2. The zero-order valence-corrected chi connectivity index (χ0v) is 17.0. The van der Waals surface area contributed by atoms with E-state index < -0.39 is 0 Å². The standard InChI is InChI=1S/C22H28N4O3/c1-16-3-6-18(23)15-20(16)22(28)26-13-11-25(12-14-26)10-9-24-21(27)17-4-7-19(29-2)8-5-17/h3-8,15H,9-14,23H2,1-2H3,(H,24,27). The molecule has 29 heavy (non-hydrogen) atoms. The van der Waals surface area contributed by atoms with Crippen molar-refractivity contribution in [2.75, 3.05) is 52.1 Å². The molecule has 1 fully saturated rings. The first-order valence-electron chi connectivity index (χ1n) is 9.78. The first-order valence-corrected chi connectivity index (χ1v) is 9.78. The number of ether oxygens (including phenoxy) is 1. The van der Waals surface area contributed by atoms with E-state index >= 15 is 0 Å². The monoisotopic (exact) mass is 396 g/mol. The maximum absolute atomic E-state index is 12.8. The normalized spacial score (nSPS) is 14.5. The largest absolute Gasteiger partial charge is 0.497 e. The van der Waals surface area contributed by atoms with Gasteiger partial charge in [0.1, 0.15) is 5.75 Å². The zero-order chi connectivity index (χ0) is 20.8. The van der Waals surface area contributed by atoms with Gasteiger partial charge in [-0.05, 0) is 48.9 Å². The highest BCUT2D eigenvalue weighted by Crippen LogP contribution is 2.16. The molecule has 0 aliphatic carbocycles. The minimum Gasteiger partial charge on any atom is -0.497 e. The van der Waals surface area contributed by atoms with Gasteiger partial charge >= 0.3 is 0 Å². The summed E-state index contributed by atoms with van der Waals surface area (Å²) in [5, 5.41) is 2.94. The lowest BCUT2D eigenvalue weighted by molar-refractivity contribution is 0.0637. The van der Waals surface area contributed by atoms with Crippen molar-refractivity contribution < 1.29 is 14.3 Å². The Kier molecular flexibility index (Phi) is 6.72. The molecule has 154 valence electrons. The third-order valence-corrected chi connectivity index (χ3v) is 5.22. The van der Waals surface area contributed by atoms with Crippen LogP contribution in [0.25, 0.3) is 0 Å². The molecule has 0 saturated carbocycles. The number of nitrogens with one attached hydrogen (secondary N) is 1. The summed E-state index contributed by atoms with van der Waals surface area (Å²) in [5.41, 5.74) is 8.65. The Bertz CT molecular complexity index is 859. The van der Waals surface area contributed by atoms with Crippen LogP contribution in [0.3, 0.4) is 0 Å². The molecule has 0 spiro atoms. The summed E-state index contributed by atoms with van der Waals surface area (Å²) in [6.07, 6.45) is 0. The summed E-state index contributed by atoms with van der Waals surface area (Å²) in [4.78, 5) is 29.1. The predicted molar refractivity (Wildman–Crippen MR) is 113 cm³/mol. The molecule has 2 aromatic rings. The van der Waals surface area contributed by atoms with E-state index in [0.29, 0.717) is 36.4 Å². The summed E-state index contributed by atoms with van der Waals surface area (Å²) < 4.78 is 5.10. The van der Waals surface area contributed by atoms with Crippen LogP contribution in [-0.2, 0) is 0 Å². The maximum atomic E-state index is 12.8. The number of nitrogens with two attached hydrogens (primary N) is 1. The molecule has 7 nitrogen and oxygen atoms in total. The van der Waals surface area contributed by atoms with Gasteiger partial charge in [-0.2, -0.15) is 0 Å². The predicted octanol–water partition coefficient (Wildman–Crippen LogP) is 1.77. The second-order valence-corrected chi connectivity index (χ2v) is 7.19. The molecule has 2 aromatic carbocycles. The fourth-order valence-electron chi connectivity index (χ4n) is 3.39. The second kappa shape index (κ2) is 9.43. The number of hydrogen-bond donors (Lipinski definition) is 2. The molecule has 1 saturated heterocycles. The summed E-state index contributed by atoms with van der Waals surface area (Å²) in [6.45, 7) is 6.14. The van der Waals surface area contributed by atoms with E-state index in [0.717, 1.165) is 30.9 Å². The van der Waals surface area contributed by atoms with Crippen molar-refractivity contribution in [3.05, 3.63) is 59.2 Å². The van der Waals surface area contributed by atoms with Crippen molar-refractivity contribution in [3.63, 3.8) is 0 Å². The maximum Gasteiger partial charge on any atom is 0.254 e. The van der Waals surface area contributed by atoms with Crippen molar-refractivity contribution in [3.8, 4) is 5.75 Å². The average molecular weight is 396 g/mol. The van der Waals surface area contributed by atoms with E-state index in [-0.39, 0.29) is 11.8 Å². The van der Waals surface area contributed by atoms with Crippen molar-refractivity contribution in [2.24, 2.45) is 0 Å². The van der Waals surface area contributed by atoms with Gasteiger partial charge in [0.05, 0.1) is 7.11 Å². The first-order chi connectivity index (χ1) is 14.0.